The molecule has 21 heavy (non-hydrogen) atoms. The van der Waals surface area contributed by atoms with Gasteiger partial charge < -0.3 is 19.8 Å². The van der Waals surface area contributed by atoms with Crippen LogP contribution >= 0.6 is 11.6 Å². The number of aryl methyl sites for hydroxylation is 1. The Kier molecular flexibility index (Phi) is 3.40. The number of hydrogen-bond acceptors (Lipinski definition) is 4. The maximum atomic E-state index is 6.24. The van der Waals surface area contributed by atoms with Gasteiger partial charge in [-0.15, -0.1) is 6.42 Å². The molecule has 0 spiro atoms. The van der Waals surface area contributed by atoms with Gasteiger partial charge in [0, 0.05) is 5.56 Å². The zero-order valence-electron chi connectivity index (χ0n) is 11.5. The summed E-state index contributed by atoms with van der Waals surface area (Å²) in [6.45, 7) is 3.22. The van der Waals surface area contributed by atoms with E-state index in [1.807, 2.05) is 13.0 Å². The molecule has 0 unspecified atom stereocenters. The molecule has 1 aliphatic heterocycles. The Balaban J connectivity index is 2.11. The molecular weight excluding hydrogens is 290 g/mol. The number of rotatable bonds is 2. The van der Waals surface area contributed by atoms with E-state index >= 15 is 0 Å². The normalized spacial score (nSPS) is 13.0. The van der Waals surface area contributed by atoms with Crippen LogP contribution in [0.15, 0.2) is 12.1 Å². The minimum absolute atomic E-state index is 0.378. The van der Waals surface area contributed by atoms with Crippen LogP contribution in [0.2, 0.25) is 5.02 Å². The second kappa shape index (κ2) is 5.23. The van der Waals surface area contributed by atoms with Crippen LogP contribution in [-0.4, -0.2) is 22.8 Å². The van der Waals surface area contributed by atoms with E-state index in [1.165, 1.54) is 0 Å². The lowest BCUT2D eigenvalue weighted by Crippen LogP contribution is -2.15. The predicted molar refractivity (Wildman–Crippen MR) is 81.6 cm³/mol. The van der Waals surface area contributed by atoms with Gasteiger partial charge in [-0.25, -0.2) is 4.98 Å². The van der Waals surface area contributed by atoms with E-state index in [1.54, 1.807) is 10.6 Å². The number of fused-ring (bicyclic) bond motifs is 1. The summed E-state index contributed by atoms with van der Waals surface area (Å²) in [5, 5.41) is 0.478. The molecule has 5 nitrogen and oxygen atoms in total. The third-order valence-corrected chi connectivity index (χ3v) is 3.60. The van der Waals surface area contributed by atoms with Crippen LogP contribution in [-0.2, 0) is 6.54 Å². The molecule has 1 aromatic carbocycles. The second-order valence-electron chi connectivity index (χ2n) is 4.67. The van der Waals surface area contributed by atoms with E-state index in [4.69, 9.17) is 33.2 Å². The molecule has 0 saturated carbocycles. The van der Waals surface area contributed by atoms with Crippen molar-refractivity contribution in [3.8, 4) is 35.1 Å². The first-order valence-electron chi connectivity index (χ1n) is 6.47. The van der Waals surface area contributed by atoms with Crippen molar-refractivity contribution in [2.45, 2.75) is 13.5 Å². The summed E-state index contributed by atoms with van der Waals surface area (Å²) in [7, 11) is 0. The van der Waals surface area contributed by atoms with Crippen molar-refractivity contribution in [3.63, 3.8) is 0 Å². The van der Waals surface area contributed by atoms with Gasteiger partial charge in [-0.1, -0.05) is 17.5 Å². The highest BCUT2D eigenvalue weighted by Gasteiger charge is 2.20. The zero-order valence-corrected chi connectivity index (χ0v) is 12.3. The van der Waals surface area contributed by atoms with Gasteiger partial charge in [0.1, 0.15) is 30.5 Å². The molecule has 2 aromatic rings. The first-order valence-corrected chi connectivity index (χ1v) is 6.85. The molecule has 6 heteroatoms. The first-order chi connectivity index (χ1) is 10.1. The van der Waals surface area contributed by atoms with Crippen molar-refractivity contribution in [3.05, 3.63) is 23.0 Å². The summed E-state index contributed by atoms with van der Waals surface area (Å²) >= 11 is 6.24. The summed E-state index contributed by atoms with van der Waals surface area (Å²) in [5.74, 6) is 5.00. The molecule has 0 bridgehead atoms. The number of hydrogen-bond donors (Lipinski definition) is 1. The van der Waals surface area contributed by atoms with E-state index in [0.29, 0.717) is 47.8 Å². The molecule has 2 heterocycles. The number of nitrogens with zero attached hydrogens (tertiary/aromatic N) is 2. The molecule has 0 saturated heterocycles. The number of halogens is 1. The third kappa shape index (κ3) is 2.28. The highest BCUT2D eigenvalue weighted by Crippen LogP contribution is 2.41. The highest BCUT2D eigenvalue weighted by molar-refractivity contribution is 6.32. The Morgan fingerprint density at radius 2 is 2.19 bits per heavy atom. The van der Waals surface area contributed by atoms with Gasteiger partial charge in [-0.05, 0) is 19.1 Å². The number of nitrogen functional groups attached to an aromatic ring is 1. The number of nitrogens with two attached hydrogens (primary N) is 1. The van der Waals surface area contributed by atoms with E-state index in [-0.39, 0.29) is 0 Å². The first kappa shape index (κ1) is 13.7. The van der Waals surface area contributed by atoms with Crippen LogP contribution in [0, 0.1) is 19.3 Å². The Morgan fingerprint density at radius 1 is 1.43 bits per heavy atom. The Hall–Kier alpha value is -2.32. The lowest BCUT2D eigenvalue weighted by molar-refractivity contribution is 0.172. The maximum Gasteiger partial charge on any atom is 0.179 e. The Labute approximate surface area is 127 Å². The Morgan fingerprint density at radius 3 is 2.95 bits per heavy atom. The minimum Gasteiger partial charge on any atom is -0.486 e. The number of anilines is 1. The lowest BCUT2D eigenvalue weighted by atomic mass is 10.1. The Bertz CT molecular complexity index is 746. The van der Waals surface area contributed by atoms with Gasteiger partial charge in [-0.3, -0.25) is 0 Å². The van der Waals surface area contributed by atoms with Crippen LogP contribution in [0.4, 0.5) is 5.82 Å². The largest absolute Gasteiger partial charge is 0.486 e. The third-order valence-electron chi connectivity index (χ3n) is 3.32. The van der Waals surface area contributed by atoms with E-state index in [2.05, 4.69) is 10.9 Å². The molecule has 0 amide bonds. The second-order valence-corrected chi connectivity index (χ2v) is 5.07. The molecule has 0 atom stereocenters. The molecule has 1 aliphatic rings. The standard InChI is InChI=1S/C15H14ClN3O2/c1-3-4-19-9(2)18-13(15(19)17)10-7-11(16)14-12(8-10)20-5-6-21-14/h1,7-8H,4-6,17H2,2H3. The summed E-state index contributed by atoms with van der Waals surface area (Å²) in [5.41, 5.74) is 7.56. The van der Waals surface area contributed by atoms with Crippen molar-refractivity contribution in [2.75, 3.05) is 18.9 Å². The quantitative estimate of drug-likeness (QED) is 0.866. The average Bonchev–Trinajstić information content (AvgIpc) is 2.76. The molecule has 3 rings (SSSR count). The number of benzene rings is 1. The van der Waals surface area contributed by atoms with Crippen LogP contribution in [0.25, 0.3) is 11.3 Å². The van der Waals surface area contributed by atoms with Crippen molar-refractivity contribution in [1.82, 2.24) is 9.55 Å². The van der Waals surface area contributed by atoms with E-state index in [0.717, 1.165) is 11.4 Å². The molecular formula is C15H14ClN3O2. The van der Waals surface area contributed by atoms with Gasteiger partial charge in [0.15, 0.2) is 11.5 Å². The minimum atomic E-state index is 0.378. The fourth-order valence-electron chi connectivity index (χ4n) is 2.33. The number of ether oxygens (including phenoxy) is 2. The molecule has 2 N–H and O–H groups in total. The molecule has 0 fully saturated rings. The molecule has 0 aliphatic carbocycles. The number of imidazole rings is 1. The summed E-state index contributed by atoms with van der Waals surface area (Å²) in [6.07, 6.45) is 5.35. The van der Waals surface area contributed by atoms with Crippen molar-refractivity contribution in [1.29, 1.82) is 0 Å². The van der Waals surface area contributed by atoms with Gasteiger partial charge in [-0.2, -0.15) is 0 Å². The average molecular weight is 304 g/mol. The number of terminal acetylenes is 1. The summed E-state index contributed by atoms with van der Waals surface area (Å²) < 4.78 is 12.9. The molecule has 0 radical (unpaired) electrons. The van der Waals surface area contributed by atoms with Gasteiger partial charge in [0.2, 0.25) is 0 Å². The van der Waals surface area contributed by atoms with Gasteiger partial charge >= 0.3 is 0 Å². The number of aromatic nitrogens is 2. The van der Waals surface area contributed by atoms with Gasteiger partial charge in [0.05, 0.1) is 11.6 Å². The van der Waals surface area contributed by atoms with Crippen LogP contribution in [0.3, 0.4) is 0 Å². The molecule has 1 aromatic heterocycles. The smallest absolute Gasteiger partial charge is 0.179 e. The van der Waals surface area contributed by atoms with Crippen molar-refractivity contribution in [2.24, 2.45) is 0 Å². The van der Waals surface area contributed by atoms with E-state index in [9.17, 15) is 0 Å². The van der Waals surface area contributed by atoms with E-state index < -0.39 is 0 Å². The van der Waals surface area contributed by atoms with Crippen LogP contribution in [0.1, 0.15) is 5.82 Å². The zero-order chi connectivity index (χ0) is 15.0. The van der Waals surface area contributed by atoms with Crippen molar-refractivity contribution < 1.29 is 9.47 Å². The predicted octanol–water partition coefficient (Wildman–Crippen LogP) is 2.50. The SMILES string of the molecule is C#CCn1c(C)nc(-c2cc(Cl)c3c(c2)OCCO3)c1N. The maximum absolute atomic E-state index is 6.24. The fourth-order valence-corrected chi connectivity index (χ4v) is 2.60. The van der Waals surface area contributed by atoms with Crippen LogP contribution < -0.4 is 15.2 Å². The molecule has 108 valence electrons. The van der Waals surface area contributed by atoms with Gasteiger partial charge in [0.25, 0.3) is 0 Å². The summed E-state index contributed by atoms with van der Waals surface area (Å²) in [4.78, 5) is 4.48. The van der Waals surface area contributed by atoms with Crippen LogP contribution in [0.5, 0.6) is 11.5 Å². The van der Waals surface area contributed by atoms with Crippen molar-refractivity contribution >= 4 is 17.4 Å². The highest BCUT2D eigenvalue weighted by atomic mass is 35.5. The fraction of sp³-hybridized carbons (Fsp3) is 0.267. The monoisotopic (exact) mass is 303 g/mol. The lowest BCUT2D eigenvalue weighted by Gasteiger charge is -2.20. The summed E-state index contributed by atoms with van der Waals surface area (Å²) in [6, 6.07) is 3.60. The topological polar surface area (TPSA) is 62.3 Å².